The van der Waals surface area contributed by atoms with E-state index in [9.17, 15) is 0 Å². The fourth-order valence-corrected chi connectivity index (χ4v) is 7.65. The third-order valence-corrected chi connectivity index (χ3v) is 34.2. The van der Waals surface area contributed by atoms with Crippen LogP contribution < -0.4 is 0 Å². The summed E-state index contributed by atoms with van der Waals surface area (Å²) in [5.41, 5.74) is 0. The van der Waals surface area contributed by atoms with Crippen LogP contribution in [-0.4, -0.2) is 0 Å². The molecular weight excluding hydrogens is 2040 g/mol. The van der Waals surface area contributed by atoms with Gasteiger partial charge in [0.1, 0.15) is 0 Å². The molecule has 0 aromatic heterocycles. The molecule has 0 saturated heterocycles. The van der Waals surface area contributed by atoms with Crippen LogP contribution in [0.2, 0.25) is 0 Å². The molecular formula is C42Fe7N42Re3. The molecule has 0 amide bonds. The topological polar surface area (TPSA) is 999 Å². The van der Waals surface area contributed by atoms with Crippen LogP contribution in [0.4, 0.5) is 0 Å². The van der Waals surface area contributed by atoms with Gasteiger partial charge in [0.2, 0.25) is 0 Å². The van der Waals surface area contributed by atoms with E-state index in [2.05, 4.69) is 0 Å². The smallest absolute Gasteiger partial charge is 7.00 e. The molecule has 0 aliphatic heterocycles. The second kappa shape index (κ2) is 26.0. The van der Waals surface area contributed by atoms with Crippen LogP contribution in [0.5, 0.6) is 0 Å². The number of rotatable bonds is 0. The number of hydrogen-bond donors (Lipinski definition) is 0. The molecule has 0 aliphatic carbocycles. The van der Waals surface area contributed by atoms with Gasteiger partial charge in [-0.2, -0.15) is 0 Å². The van der Waals surface area contributed by atoms with Crippen LogP contribution in [0, 0.1) is 430 Å². The van der Waals surface area contributed by atoms with Crippen molar-refractivity contribution in [2.45, 2.75) is 0 Å². The molecule has 0 atom stereocenters. The Morgan fingerprint density at radius 2 is 0.0957 bits per heavy atom. The summed E-state index contributed by atoms with van der Waals surface area (Å²) in [5.74, 6) is 0. The van der Waals surface area contributed by atoms with Gasteiger partial charge in [0, 0.05) is 0 Å². The fraction of sp³-hybridized carbons (Fsp3) is 0. The minimum atomic E-state index is -6.17. The zero-order valence-corrected chi connectivity index (χ0v) is 59.3. The van der Waals surface area contributed by atoms with Gasteiger partial charge in [-0.1, -0.05) is 0 Å². The third kappa shape index (κ3) is 11.4. The summed E-state index contributed by atoms with van der Waals surface area (Å²) in [7, 11) is -43.2. The van der Waals surface area contributed by atoms with E-state index < -0.39 is 75.1 Å². The molecule has 0 spiro atoms. The third-order valence-electron chi connectivity index (χ3n) is 8.30. The zero-order valence-electron chi connectivity index (χ0n) is 43.4. The van der Waals surface area contributed by atoms with E-state index >= 15 is 0 Å². The Morgan fingerprint density at radius 1 is 0.0745 bits per heavy atom. The van der Waals surface area contributed by atoms with E-state index in [1.165, 1.54) is 0 Å². The molecule has 42 nitrogen and oxygen atoms in total. The first-order chi connectivity index (χ1) is 41.8. The minimum absolute atomic E-state index is 0. The van der Waals surface area contributed by atoms with Crippen LogP contribution in [0.1, 0.15) is 0 Å². The first kappa shape index (κ1) is 100. The molecule has 0 radical (unpaired) electrons. The molecule has 0 aromatic rings. The maximum Gasteiger partial charge on any atom is 7.00 e. The molecule has 94 heavy (non-hydrogen) atoms. The van der Waals surface area contributed by atoms with Gasteiger partial charge in [0.25, 0.3) is 0 Å². The molecule has 0 aliphatic rings. The average molecular weight is 2040 g/mol. The quantitative estimate of drug-likeness (QED) is 0.301. The number of nitrogens with zero attached hydrogens (tertiary/aromatic N) is 42. The maximum atomic E-state index is 8.58. The Bertz CT molecular complexity index is 3730. The van der Waals surface area contributed by atoms with Gasteiger partial charge in [-0.3, -0.25) is 0 Å². The van der Waals surface area contributed by atoms with E-state index in [4.69, 9.17) is 221 Å². The summed E-state index contributed by atoms with van der Waals surface area (Å²) in [5, 5.41) is 360. The second-order valence-corrected chi connectivity index (χ2v) is 52.0. The van der Waals surface area contributed by atoms with E-state index in [1.807, 2.05) is 0 Å². The van der Waals surface area contributed by atoms with Crippen LogP contribution >= 0.6 is 0 Å². The zero-order chi connectivity index (χ0) is 74.6. The van der Waals surface area contributed by atoms with Crippen molar-refractivity contribution < 1.29 is 136 Å². The normalized spacial score (nSPS) is 13.0. The Morgan fingerprint density at radius 3 is 0.0957 bits per heavy atom. The summed E-state index contributed by atoms with van der Waals surface area (Å²) >= 11 is 0. The summed E-state index contributed by atoms with van der Waals surface area (Å²) in [6, 6.07) is 0. The molecule has 0 heterocycles. The Kier molecular flexibility index (Phi) is 27.8. The molecule has 0 bridgehead atoms. The van der Waals surface area contributed by atoms with Crippen molar-refractivity contribution in [3.63, 3.8) is 0 Å². The van der Waals surface area contributed by atoms with E-state index in [1.54, 1.807) is 0 Å². The molecule has 0 unspecified atom stereocenters. The van der Waals surface area contributed by atoms with Crippen LogP contribution in [0.25, 0.3) is 0 Å². The maximum absolute atomic E-state index is 8.58. The van der Waals surface area contributed by atoms with Gasteiger partial charge in [0.05, 0.1) is 0 Å². The first-order valence-electron chi connectivity index (χ1n) is 16.8. The number of nitriles is 42. The van der Waals surface area contributed by atoms with Crippen molar-refractivity contribution in [3.05, 3.63) is 0 Å². The summed E-state index contributed by atoms with van der Waals surface area (Å²) < 4.78 is 0. The summed E-state index contributed by atoms with van der Waals surface area (Å²) in [6.45, 7) is 0. The van der Waals surface area contributed by atoms with Crippen molar-refractivity contribution in [2.75, 3.05) is 0 Å². The van der Waals surface area contributed by atoms with Gasteiger partial charge in [-0.25, -0.2) is 0 Å². The van der Waals surface area contributed by atoms with Crippen LogP contribution in [0.3, 0.4) is 0 Å². The summed E-state index contributed by atoms with van der Waals surface area (Å²) in [4.78, 5) is 43.3. The van der Waals surface area contributed by atoms with Crippen LogP contribution in [0.15, 0.2) is 0 Å². The van der Waals surface area contributed by atoms with E-state index in [0.717, 1.165) is 209 Å². The average Bonchev–Trinajstić information content (AvgIpc) is 0.792. The monoisotopic (exact) mass is 2040 g/mol. The van der Waals surface area contributed by atoms with E-state index in [-0.39, 0.29) is 61.3 Å². The molecule has 455 valence electrons. The Balaban J connectivity index is -0.000000109. The van der Waals surface area contributed by atoms with Gasteiger partial charge in [-0.15, -0.1) is 0 Å². The van der Waals surface area contributed by atoms with Crippen molar-refractivity contribution in [2.24, 2.45) is 0 Å². The van der Waals surface area contributed by atoms with Gasteiger partial charge in [0.15, 0.2) is 0 Å². The van der Waals surface area contributed by atoms with Crippen molar-refractivity contribution in [1.29, 1.82) is 221 Å². The summed E-state index contributed by atoms with van der Waals surface area (Å²) in [6.07, 6.45) is 0. The van der Waals surface area contributed by atoms with Crippen molar-refractivity contribution >= 4 is 0 Å². The van der Waals surface area contributed by atoms with Gasteiger partial charge < -0.3 is 0 Å². The van der Waals surface area contributed by atoms with Crippen molar-refractivity contribution in [3.8, 4) is 209 Å². The molecule has 0 aromatic carbocycles. The Hall–Kier alpha value is -15.8. The Labute approximate surface area is 559 Å². The molecule has 0 N–H and O–H groups in total. The molecule has 0 fully saturated rings. The van der Waals surface area contributed by atoms with E-state index in [0.29, 0.717) is 0 Å². The standard InChI is InChI=1S/42CN.7Fe.3Re/c42*1-2;;;;;;;;;;/q;;;;;;;;;;;;;;;;;;;;;;;;;;;;;;;;;;;;;;;;;;7*-3;3*+7. The first-order valence-corrected chi connectivity index (χ1v) is 40.0. The SMILES string of the molecule is N#[C][Fe-3]([C]#N)([C]#N)([C]#N)([C]#N)[C]#N.N#[C][Fe-3]([C]#N)([C]#N)([C]#N)([C]#N)[C]#N.N#[C][Fe-3]([C]#N)([C]#N)([C]#N)([C]#N)[C]#N.N#[C][Fe-3]([C]#N)([C]#N)([C]#N)([C]#N)[C]#N.N#[C][Fe-3]([C]#N)([C]#N)([C]#N)([C]#N)[C]#N.N#[C][Fe-3]([C]#N)([C]#N)([C]#N)([C]#N)[C]#N.N#[C][Fe-3]([C]#N)([C]#N)([C]#N)([C]#N)[C]#N.[Re+7].[Re+7].[Re+7]. The van der Waals surface area contributed by atoms with Gasteiger partial charge in [-0.05, 0) is 0 Å². The van der Waals surface area contributed by atoms with Gasteiger partial charge >= 0.3 is 566 Å². The van der Waals surface area contributed by atoms with Crippen molar-refractivity contribution in [1.82, 2.24) is 0 Å². The second-order valence-electron chi connectivity index (χ2n) is 12.6. The fourth-order valence-electron chi connectivity index (χ4n) is 1.86. The predicted octanol–water partition coefficient (Wildman–Crippen LogP) is 0.680. The number of hydrogen-bond acceptors (Lipinski definition) is 42. The predicted molar refractivity (Wildman–Crippen MR) is 236 cm³/mol. The largest absolute Gasteiger partial charge is 7.00 e. The molecule has 0 saturated carbocycles. The molecule has 0 rings (SSSR count). The molecule has 52 heteroatoms. The van der Waals surface area contributed by atoms with Crippen LogP contribution in [-0.2, 0) is 136 Å². The minimum Gasteiger partial charge on any atom is 7.00 e.